The van der Waals surface area contributed by atoms with Crippen LogP contribution in [0, 0.1) is 11.3 Å². The van der Waals surface area contributed by atoms with Crippen LogP contribution in [0.15, 0.2) is 30.5 Å². The van der Waals surface area contributed by atoms with Crippen molar-refractivity contribution in [1.29, 1.82) is 5.26 Å². The Balaban J connectivity index is 1.54. The number of rotatable bonds is 5. The Morgan fingerprint density at radius 1 is 1.32 bits per heavy atom. The van der Waals surface area contributed by atoms with E-state index in [-0.39, 0.29) is 18.4 Å². The second kappa shape index (κ2) is 7.90. The van der Waals surface area contributed by atoms with Gasteiger partial charge in [0, 0.05) is 30.5 Å². The molecule has 2 heterocycles. The van der Waals surface area contributed by atoms with Crippen molar-refractivity contribution in [2.45, 2.75) is 25.7 Å². The molecule has 0 bridgehead atoms. The van der Waals surface area contributed by atoms with Crippen molar-refractivity contribution in [3.8, 4) is 6.07 Å². The Morgan fingerprint density at radius 3 is 2.84 bits per heavy atom. The number of carbonyl (C=O) groups excluding carboxylic acids is 2. The van der Waals surface area contributed by atoms with Gasteiger partial charge in [0.05, 0.1) is 18.2 Å². The SMILES string of the molecule is N#Cc1ccc(Cc2cnc(NC(=O)CN3CCCCC3=O)s2)cc1. The first-order chi connectivity index (χ1) is 12.1. The van der Waals surface area contributed by atoms with E-state index < -0.39 is 0 Å². The Bertz CT molecular complexity index is 807. The number of carbonyl (C=O) groups is 2. The van der Waals surface area contributed by atoms with Gasteiger partial charge in [-0.3, -0.25) is 9.59 Å². The van der Waals surface area contributed by atoms with E-state index in [4.69, 9.17) is 5.26 Å². The van der Waals surface area contributed by atoms with Gasteiger partial charge < -0.3 is 10.2 Å². The summed E-state index contributed by atoms with van der Waals surface area (Å²) in [7, 11) is 0. The van der Waals surface area contributed by atoms with Crippen LogP contribution < -0.4 is 5.32 Å². The fourth-order valence-electron chi connectivity index (χ4n) is 2.71. The standard InChI is InChI=1S/C18H18N4O2S/c19-10-14-6-4-13(5-7-14)9-15-11-20-18(25-15)21-16(23)12-22-8-2-1-3-17(22)24/h4-7,11H,1-3,8-9,12H2,(H,20,21,23). The third kappa shape index (κ3) is 4.64. The first-order valence-corrected chi connectivity index (χ1v) is 8.97. The van der Waals surface area contributed by atoms with Crippen LogP contribution in [0.2, 0.25) is 0 Å². The molecular weight excluding hydrogens is 336 g/mol. The second-order valence-corrected chi connectivity index (χ2v) is 7.05. The van der Waals surface area contributed by atoms with Gasteiger partial charge in [0.15, 0.2) is 5.13 Å². The van der Waals surface area contributed by atoms with E-state index in [9.17, 15) is 9.59 Å². The Kier molecular flexibility index (Phi) is 5.41. The van der Waals surface area contributed by atoms with E-state index in [1.807, 2.05) is 12.1 Å². The van der Waals surface area contributed by atoms with Crippen LogP contribution in [0.25, 0.3) is 0 Å². The van der Waals surface area contributed by atoms with Crippen molar-refractivity contribution in [2.75, 3.05) is 18.4 Å². The maximum Gasteiger partial charge on any atom is 0.245 e. The predicted octanol–water partition coefficient (Wildman–Crippen LogP) is 2.56. The fourth-order valence-corrected chi connectivity index (χ4v) is 3.57. The number of anilines is 1. The minimum atomic E-state index is -0.213. The molecular formula is C18H18N4O2S. The highest BCUT2D eigenvalue weighted by Crippen LogP contribution is 2.21. The van der Waals surface area contributed by atoms with E-state index in [1.165, 1.54) is 11.3 Å². The van der Waals surface area contributed by atoms with Gasteiger partial charge >= 0.3 is 0 Å². The van der Waals surface area contributed by atoms with Crippen molar-refractivity contribution in [1.82, 2.24) is 9.88 Å². The summed E-state index contributed by atoms with van der Waals surface area (Å²) in [6.07, 6.45) is 4.82. The lowest BCUT2D eigenvalue weighted by Crippen LogP contribution is -2.40. The van der Waals surface area contributed by atoms with E-state index >= 15 is 0 Å². The maximum atomic E-state index is 12.1. The number of likely N-dealkylation sites (tertiary alicyclic amines) is 1. The molecule has 1 aliphatic heterocycles. The number of thiazole rings is 1. The molecule has 0 unspecified atom stereocenters. The molecule has 2 amide bonds. The highest BCUT2D eigenvalue weighted by molar-refractivity contribution is 7.15. The summed E-state index contributed by atoms with van der Waals surface area (Å²) >= 11 is 1.42. The smallest absolute Gasteiger partial charge is 0.245 e. The minimum Gasteiger partial charge on any atom is -0.333 e. The van der Waals surface area contributed by atoms with Gasteiger partial charge in [-0.2, -0.15) is 5.26 Å². The van der Waals surface area contributed by atoms with Crippen LogP contribution in [0.5, 0.6) is 0 Å². The molecule has 1 aliphatic rings. The van der Waals surface area contributed by atoms with E-state index in [1.54, 1.807) is 23.2 Å². The highest BCUT2D eigenvalue weighted by Gasteiger charge is 2.20. The number of nitrogens with zero attached hydrogens (tertiary/aromatic N) is 3. The molecule has 3 rings (SSSR count). The highest BCUT2D eigenvalue weighted by atomic mass is 32.1. The number of hydrogen-bond acceptors (Lipinski definition) is 5. The molecule has 0 saturated carbocycles. The van der Waals surface area contributed by atoms with Gasteiger partial charge in [0.2, 0.25) is 11.8 Å². The second-order valence-electron chi connectivity index (χ2n) is 5.94. The van der Waals surface area contributed by atoms with Gasteiger partial charge in [0.1, 0.15) is 0 Å². The molecule has 2 aromatic rings. The number of nitriles is 1. The van der Waals surface area contributed by atoms with Crippen LogP contribution in [-0.4, -0.2) is 34.8 Å². The fraction of sp³-hybridized carbons (Fsp3) is 0.333. The minimum absolute atomic E-state index is 0.0436. The van der Waals surface area contributed by atoms with Gasteiger partial charge in [-0.1, -0.05) is 12.1 Å². The van der Waals surface area contributed by atoms with Gasteiger partial charge in [-0.15, -0.1) is 11.3 Å². The Labute approximate surface area is 150 Å². The molecule has 1 aromatic heterocycles. The summed E-state index contributed by atoms with van der Waals surface area (Å²) < 4.78 is 0. The molecule has 0 radical (unpaired) electrons. The maximum absolute atomic E-state index is 12.1. The Hall–Kier alpha value is -2.72. The molecule has 1 N–H and O–H groups in total. The molecule has 7 heteroatoms. The third-order valence-electron chi connectivity index (χ3n) is 4.02. The monoisotopic (exact) mass is 354 g/mol. The van der Waals surface area contributed by atoms with Crippen molar-refractivity contribution in [3.63, 3.8) is 0 Å². The summed E-state index contributed by atoms with van der Waals surface area (Å²) in [5.41, 5.74) is 1.72. The molecule has 0 aliphatic carbocycles. The summed E-state index contributed by atoms with van der Waals surface area (Å²) in [5, 5.41) is 12.1. The largest absolute Gasteiger partial charge is 0.333 e. The zero-order valence-electron chi connectivity index (χ0n) is 13.7. The number of piperidine rings is 1. The van der Waals surface area contributed by atoms with Gasteiger partial charge in [0.25, 0.3) is 0 Å². The van der Waals surface area contributed by atoms with Crippen LogP contribution in [0.3, 0.4) is 0 Å². The topological polar surface area (TPSA) is 86.1 Å². The zero-order valence-corrected chi connectivity index (χ0v) is 14.5. The number of hydrogen-bond donors (Lipinski definition) is 1. The summed E-state index contributed by atoms with van der Waals surface area (Å²) in [6.45, 7) is 0.734. The van der Waals surface area contributed by atoms with Crippen molar-refractivity contribution in [2.24, 2.45) is 0 Å². The average molecular weight is 354 g/mol. The van der Waals surface area contributed by atoms with Gasteiger partial charge in [-0.25, -0.2) is 4.98 Å². The first-order valence-electron chi connectivity index (χ1n) is 8.15. The summed E-state index contributed by atoms with van der Waals surface area (Å²) in [6, 6.07) is 9.50. The molecule has 25 heavy (non-hydrogen) atoms. The Morgan fingerprint density at radius 2 is 2.12 bits per heavy atom. The third-order valence-corrected chi connectivity index (χ3v) is 4.93. The number of nitrogens with one attached hydrogen (secondary N) is 1. The average Bonchev–Trinajstić information content (AvgIpc) is 3.04. The molecule has 1 fully saturated rings. The summed E-state index contributed by atoms with van der Waals surface area (Å²) in [4.78, 5) is 30.7. The first kappa shape index (κ1) is 17.1. The lowest BCUT2D eigenvalue weighted by molar-refractivity contribution is -0.136. The lowest BCUT2D eigenvalue weighted by atomic mass is 10.1. The molecule has 128 valence electrons. The quantitative estimate of drug-likeness (QED) is 0.894. The van der Waals surface area contributed by atoms with Crippen molar-refractivity contribution < 1.29 is 9.59 Å². The molecule has 0 atom stereocenters. The van der Waals surface area contributed by atoms with Gasteiger partial charge in [-0.05, 0) is 30.5 Å². The molecule has 6 nitrogen and oxygen atoms in total. The number of amides is 2. The number of benzene rings is 1. The van der Waals surface area contributed by atoms with E-state index in [2.05, 4.69) is 16.4 Å². The number of aromatic nitrogens is 1. The molecule has 1 saturated heterocycles. The predicted molar refractivity (Wildman–Crippen MR) is 95.1 cm³/mol. The summed E-state index contributed by atoms with van der Waals surface area (Å²) in [5.74, 6) is -0.170. The van der Waals surface area contributed by atoms with Crippen LogP contribution >= 0.6 is 11.3 Å². The molecule has 0 spiro atoms. The van der Waals surface area contributed by atoms with Crippen molar-refractivity contribution >= 4 is 28.3 Å². The zero-order chi connectivity index (χ0) is 17.6. The van der Waals surface area contributed by atoms with Crippen LogP contribution in [0.1, 0.15) is 35.3 Å². The van der Waals surface area contributed by atoms with Crippen molar-refractivity contribution in [3.05, 3.63) is 46.5 Å². The van der Waals surface area contributed by atoms with Crippen LogP contribution in [-0.2, 0) is 16.0 Å². The van der Waals surface area contributed by atoms with E-state index in [0.29, 0.717) is 30.1 Å². The lowest BCUT2D eigenvalue weighted by Gasteiger charge is -2.25. The van der Waals surface area contributed by atoms with E-state index in [0.717, 1.165) is 23.3 Å². The van der Waals surface area contributed by atoms with Crippen LogP contribution in [0.4, 0.5) is 5.13 Å². The normalized spacial score (nSPS) is 14.2. The molecule has 1 aromatic carbocycles.